The molecule has 1 unspecified atom stereocenters. The van der Waals surface area contributed by atoms with Gasteiger partial charge in [0.15, 0.2) is 11.6 Å². The van der Waals surface area contributed by atoms with E-state index in [1.165, 1.54) is 6.26 Å². The number of benzene rings is 1. The number of rotatable bonds is 4. The van der Waals surface area contributed by atoms with Crippen LogP contribution in [0.2, 0.25) is 5.02 Å². The lowest BCUT2D eigenvalue weighted by atomic mass is 10.0. The van der Waals surface area contributed by atoms with E-state index in [9.17, 15) is 4.79 Å². The molecule has 1 atom stereocenters. The van der Waals surface area contributed by atoms with E-state index in [1.54, 1.807) is 12.1 Å². The van der Waals surface area contributed by atoms with Crippen LogP contribution in [0, 0.1) is 0 Å². The molecule has 4 rings (SSSR count). The summed E-state index contributed by atoms with van der Waals surface area (Å²) in [5.74, 6) is 1.01. The maximum atomic E-state index is 12.6. The normalized spacial score (nSPS) is 16.6. The third-order valence-corrected chi connectivity index (χ3v) is 5.62. The average molecular weight is 429 g/mol. The van der Waals surface area contributed by atoms with E-state index in [-0.39, 0.29) is 17.5 Å². The molecule has 0 radical (unpaired) electrons. The first-order valence-electron chi connectivity index (χ1n) is 9.96. The Morgan fingerprint density at radius 1 is 1.10 bits per heavy atom. The van der Waals surface area contributed by atoms with Gasteiger partial charge in [0.1, 0.15) is 0 Å². The lowest BCUT2D eigenvalue weighted by molar-refractivity contribution is 0.0556. The highest BCUT2D eigenvalue weighted by Gasteiger charge is 2.35. The number of carbonyl (C=O) groups excluding carboxylic acids is 1. The molecule has 0 saturated carbocycles. The number of hydrogen-bond acceptors (Lipinski definition) is 6. The number of furan rings is 1. The smallest absolute Gasteiger partial charge is 0.289 e. The molecule has 1 saturated heterocycles. The van der Waals surface area contributed by atoms with E-state index in [2.05, 4.69) is 41.2 Å². The second kappa shape index (κ2) is 8.20. The van der Waals surface area contributed by atoms with Crippen molar-refractivity contribution in [3.63, 3.8) is 0 Å². The molecule has 0 spiro atoms. The van der Waals surface area contributed by atoms with Crippen LogP contribution in [0.3, 0.4) is 0 Å². The number of piperazine rings is 1. The van der Waals surface area contributed by atoms with Crippen molar-refractivity contribution in [3.8, 4) is 0 Å². The van der Waals surface area contributed by atoms with Crippen molar-refractivity contribution in [2.24, 2.45) is 0 Å². The van der Waals surface area contributed by atoms with Gasteiger partial charge < -0.3 is 9.32 Å². The number of carbonyl (C=O) groups is 1. The van der Waals surface area contributed by atoms with E-state index in [0.29, 0.717) is 37.0 Å². The monoisotopic (exact) mass is 428 g/mol. The van der Waals surface area contributed by atoms with Gasteiger partial charge >= 0.3 is 0 Å². The summed E-state index contributed by atoms with van der Waals surface area (Å²) in [5.41, 5.74) is 0.667. The van der Waals surface area contributed by atoms with Crippen LogP contribution >= 0.6 is 11.6 Å². The second-order valence-electron chi connectivity index (χ2n) is 8.35. The van der Waals surface area contributed by atoms with Gasteiger partial charge in [-0.25, -0.2) is 4.68 Å². The summed E-state index contributed by atoms with van der Waals surface area (Å²) < 4.78 is 7.12. The molecule has 3 aromatic rings. The van der Waals surface area contributed by atoms with Crippen LogP contribution in [0.5, 0.6) is 0 Å². The Labute approximate surface area is 180 Å². The van der Waals surface area contributed by atoms with Crippen molar-refractivity contribution in [3.05, 3.63) is 64.8 Å². The summed E-state index contributed by atoms with van der Waals surface area (Å²) in [4.78, 5) is 16.7. The van der Waals surface area contributed by atoms with Gasteiger partial charge in [-0.15, -0.1) is 5.10 Å². The number of aromatic nitrogens is 4. The molecule has 3 heterocycles. The Morgan fingerprint density at radius 2 is 1.83 bits per heavy atom. The highest BCUT2D eigenvalue weighted by molar-refractivity contribution is 6.31. The van der Waals surface area contributed by atoms with E-state index in [4.69, 9.17) is 16.0 Å². The molecular formula is C21H25ClN6O2. The molecule has 30 heavy (non-hydrogen) atoms. The molecular weight excluding hydrogens is 404 g/mol. The largest absolute Gasteiger partial charge is 0.459 e. The van der Waals surface area contributed by atoms with Gasteiger partial charge in [-0.05, 0) is 55.0 Å². The Morgan fingerprint density at radius 3 is 2.47 bits per heavy atom. The SMILES string of the molecule is CC(C)(C)n1nnnc1C(c1ccccc1Cl)N1CCN(C(=O)c2ccco2)CC1. The molecule has 8 nitrogen and oxygen atoms in total. The lowest BCUT2D eigenvalue weighted by Crippen LogP contribution is -2.50. The number of amides is 1. The fourth-order valence-corrected chi connectivity index (χ4v) is 4.02. The van der Waals surface area contributed by atoms with Crippen molar-refractivity contribution in [2.45, 2.75) is 32.4 Å². The molecule has 158 valence electrons. The minimum Gasteiger partial charge on any atom is -0.459 e. The first kappa shape index (κ1) is 20.6. The predicted octanol–water partition coefficient (Wildman–Crippen LogP) is 3.22. The average Bonchev–Trinajstić information content (AvgIpc) is 3.42. The van der Waals surface area contributed by atoms with Gasteiger partial charge in [0.2, 0.25) is 0 Å². The highest BCUT2D eigenvalue weighted by atomic mass is 35.5. The molecule has 1 aliphatic heterocycles. The Hall–Kier alpha value is -2.71. The molecule has 0 bridgehead atoms. The fraction of sp³-hybridized carbons (Fsp3) is 0.429. The van der Waals surface area contributed by atoms with Crippen molar-refractivity contribution in [1.29, 1.82) is 0 Å². The van der Waals surface area contributed by atoms with Crippen molar-refractivity contribution < 1.29 is 9.21 Å². The zero-order valence-electron chi connectivity index (χ0n) is 17.3. The summed E-state index contributed by atoms with van der Waals surface area (Å²) in [6, 6.07) is 11.0. The van der Waals surface area contributed by atoms with Crippen LogP contribution < -0.4 is 0 Å². The van der Waals surface area contributed by atoms with E-state index in [0.717, 1.165) is 11.4 Å². The zero-order chi connectivity index (χ0) is 21.3. The van der Waals surface area contributed by atoms with E-state index >= 15 is 0 Å². The first-order chi connectivity index (χ1) is 14.4. The van der Waals surface area contributed by atoms with Crippen LogP contribution in [-0.4, -0.2) is 62.1 Å². The standard InChI is InChI=1S/C21H25ClN6O2/c1-21(2,3)28-19(23-24-25-28)18(15-7-4-5-8-16(15)22)26-10-12-27(13-11-26)20(29)17-9-6-14-30-17/h4-9,14,18H,10-13H2,1-3H3. The molecule has 1 aromatic carbocycles. The lowest BCUT2D eigenvalue weighted by Gasteiger charge is -2.39. The number of nitrogens with zero attached hydrogens (tertiary/aromatic N) is 6. The molecule has 1 aliphatic rings. The van der Waals surface area contributed by atoms with Crippen molar-refractivity contribution in [2.75, 3.05) is 26.2 Å². The fourth-order valence-electron chi connectivity index (χ4n) is 3.78. The molecule has 9 heteroatoms. The first-order valence-corrected chi connectivity index (χ1v) is 10.3. The summed E-state index contributed by atoms with van der Waals surface area (Å²) in [6.07, 6.45) is 1.52. The van der Waals surface area contributed by atoms with Crippen LogP contribution in [0.25, 0.3) is 0 Å². The van der Waals surface area contributed by atoms with E-state index in [1.807, 2.05) is 33.8 Å². The Kier molecular flexibility index (Phi) is 5.62. The summed E-state index contributed by atoms with van der Waals surface area (Å²) in [5, 5.41) is 13.2. The quantitative estimate of drug-likeness (QED) is 0.634. The summed E-state index contributed by atoms with van der Waals surface area (Å²) >= 11 is 6.59. The molecule has 0 aliphatic carbocycles. The van der Waals surface area contributed by atoms with Crippen molar-refractivity contribution >= 4 is 17.5 Å². The van der Waals surface area contributed by atoms with Crippen LogP contribution in [0.15, 0.2) is 47.1 Å². The Balaban J connectivity index is 1.63. The third kappa shape index (κ3) is 3.97. The molecule has 0 N–H and O–H groups in total. The number of tetrazole rings is 1. The van der Waals surface area contributed by atoms with Crippen LogP contribution in [-0.2, 0) is 5.54 Å². The minimum atomic E-state index is -0.282. The van der Waals surface area contributed by atoms with Gasteiger partial charge in [-0.2, -0.15) is 0 Å². The van der Waals surface area contributed by atoms with E-state index < -0.39 is 0 Å². The maximum absolute atomic E-state index is 12.6. The van der Waals surface area contributed by atoms with Gasteiger partial charge in [-0.1, -0.05) is 29.8 Å². The van der Waals surface area contributed by atoms with Crippen LogP contribution in [0.4, 0.5) is 0 Å². The summed E-state index contributed by atoms with van der Waals surface area (Å²) in [7, 11) is 0. The topological polar surface area (TPSA) is 80.3 Å². The second-order valence-corrected chi connectivity index (χ2v) is 8.76. The number of halogens is 1. The van der Waals surface area contributed by atoms with Crippen molar-refractivity contribution in [1.82, 2.24) is 30.0 Å². The Bertz CT molecular complexity index is 1000. The number of hydrogen-bond donors (Lipinski definition) is 0. The third-order valence-electron chi connectivity index (χ3n) is 5.27. The van der Waals surface area contributed by atoms with Gasteiger partial charge in [0.05, 0.1) is 17.8 Å². The van der Waals surface area contributed by atoms with Crippen LogP contribution in [0.1, 0.15) is 48.8 Å². The predicted molar refractivity (Wildman–Crippen MR) is 112 cm³/mol. The highest BCUT2D eigenvalue weighted by Crippen LogP contribution is 2.34. The summed E-state index contributed by atoms with van der Waals surface area (Å²) in [6.45, 7) is 8.69. The maximum Gasteiger partial charge on any atom is 0.289 e. The molecule has 2 aromatic heterocycles. The molecule has 1 amide bonds. The van der Waals surface area contributed by atoms with Gasteiger partial charge in [0.25, 0.3) is 5.91 Å². The minimum absolute atomic E-state index is 0.0894. The van der Waals surface area contributed by atoms with Gasteiger partial charge in [0, 0.05) is 31.2 Å². The molecule has 1 fully saturated rings. The zero-order valence-corrected chi connectivity index (χ0v) is 18.1. The van der Waals surface area contributed by atoms with Gasteiger partial charge in [-0.3, -0.25) is 9.69 Å².